The summed E-state index contributed by atoms with van der Waals surface area (Å²) in [6, 6.07) is 6.99. The van der Waals surface area contributed by atoms with Crippen LogP contribution < -0.4 is 9.44 Å². The van der Waals surface area contributed by atoms with Gasteiger partial charge in [-0.3, -0.25) is 9.52 Å². The van der Waals surface area contributed by atoms with E-state index in [9.17, 15) is 31.2 Å². The van der Waals surface area contributed by atoms with Crippen molar-refractivity contribution < 1.29 is 40.4 Å². The number of hydrogen-bond acceptors (Lipinski definition) is 5. The summed E-state index contributed by atoms with van der Waals surface area (Å²) in [6.07, 6.45) is 2.30. The number of rotatable bonds is 13. The third-order valence-electron chi connectivity index (χ3n) is 6.69. The van der Waals surface area contributed by atoms with Crippen LogP contribution in [0.5, 0.6) is 0 Å². The number of anilines is 1. The summed E-state index contributed by atoms with van der Waals surface area (Å²) in [5, 5.41) is 0. The quantitative estimate of drug-likeness (QED) is 0.163. The maximum Gasteiger partial charge on any atom is 0.491 e. The number of esters is 2. The number of nitrogens with one attached hydrogen (secondary N) is 2. The minimum Gasteiger partial charge on any atom is -0.386 e. The van der Waals surface area contributed by atoms with E-state index in [-0.39, 0.29) is 12.8 Å². The molecule has 0 radical (unpaired) electrons. The molecule has 8 nitrogen and oxygen atoms in total. The molecule has 1 aromatic carbocycles. The Labute approximate surface area is 217 Å². The average Bonchev–Trinajstić information content (AvgIpc) is 2.78. The second-order valence-electron chi connectivity index (χ2n) is 10.5. The number of quaternary nitrogens is 1. The number of ether oxygens (including phenoxy) is 1. The lowest BCUT2D eigenvalue weighted by Crippen LogP contribution is -2.61. The molecular weight excluding hydrogens is 511 g/mol. The van der Waals surface area contributed by atoms with Crippen LogP contribution in [0.3, 0.4) is 0 Å². The van der Waals surface area contributed by atoms with Gasteiger partial charge in [0, 0.05) is 18.5 Å². The van der Waals surface area contributed by atoms with E-state index in [4.69, 9.17) is 0 Å². The van der Waals surface area contributed by atoms with Crippen molar-refractivity contribution in [3.05, 3.63) is 29.8 Å². The van der Waals surface area contributed by atoms with E-state index < -0.39 is 40.3 Å². The lowest BCUT2D eigenvalue weighted by molar-refractivity contribution is -0.896. The van der Waals surface area contributed by atoms with Crippen LogP contribution in [-0.2, 0) is 31.0 Å². The monoisotopic (exact) mass is 550 g/mol. The second kappa shape index (κ2) is 13.1. The molecule has 12 heteroatoms. The standard InChI is InChI=1S/C25H39F3N3O5S/c1-4-5-6-7-8-9-10-20-11-13-21(14-12-20)29-37(34,35)30-24(15-17-31(2,3)18-16-24)19-22(32)36-23(33)25(26,27)28/h11-14,29-30H,4-10,15-19H2,1-3H3/q+1. The molecule has 2 N–H and O–H groups in total. The van der Waals surface area contributed by atoms with Crippen LogP contribution in [0.25, 0.3) is 0 Å². The van der Waals surface area contributed by atoms with Crippen molar-refractivity contribution in [2.45, 2.75) is 82.8 Å². The minimum atomic E-state index is -5.32. The zero-order valence-electron chi connectivity index (χ0n) is 21.8. The average molecular weight is 551 g/mol. The van der Waals surface area contributed by atoms with Crippen LogP contribution in [0.4, 0.5) is 18.9 Å². The normalized spacial score (nSPS) is 17.2. The predicted molar refractivity (Wildman–Crippen MR) is 135 cm³/mol. The van der Waals surface area contributed by atoms with E-state index in [0.717, 1.165) is 24.8 Å². The van der Waals surface area contributed by atoms with Gasteiger partial charge < -0.3 is 9.22 Å². The molecule has 2 rings (SSSR count). The summed E-state index contributed by atoms with van der Waals surface area (Å²) in [4.78, 5) is 23.3. The molecule has 1 aliphatic rings. The molecule has 0 unspecified atom stereocenters. The molecule has 1 aromatic rings. The molecule has 1 fully saturated rings. The van der Waals surface area contributed by atoms with Gasteiger partial charge in [-0.1, -0.05) is 51.2 Å². The zero-order chi connectivity index (χ0) is 27.7. The van der Waals surface area contributed by atoms with Crippen molar-refractivity contribution in [1.29, 1.82) is 0 Å². The molecule has 1 saturated heterocycles. The molecule has 210 valence electrons. The van der Waals surface area contributed by atoms with Crippen molar-refractivity contribution in [1.82, 2.24) is 4.72 Å². The van der Waals surface area contributed by atoms with Gasteiger partial charge in [-0.25, -0.2) is 4.79 Å². The molecule has 0 atom stereocenters. The molecule has 1 aliphatic heterocycles. The maximum atomic E-state index is 13.0. The third kappa shape index (κ3) is 11.0. The van der Waals surface area contributed by atoms with Gasteiger partial charge in [-0.2, -0.15) is 26.3 Å². The molecular formula is C25H39F3N3O5S+. The van der Waals surface area contributed by atoms with Gasteiger partial charge in [-0.15, -0.1) is 0 Å². The molecule has 0 aromatic heterocycles. The predicted octanol–water partition coefficient (Wildman–Crippen LogP) is 4.47. The first-order valence-electron chi connectivity index (χ1n) is 12.7. The fourth-order valence-corrected chi connectivity index (χ4v) is 5.72. The Hall–Kier alpha value is -2.18. The minimum absolute atomic E-state index is 0.174. The van der Waals surface area contributed by atoms with E-state index in [1.165, 1.54) is 25.7 Å². The number of halogens is 3. The molecule has 0 amide bonds. The highest BCUT2D eigenvalue weighted by atomic mass is 32.2. The number of benzene rings is 1. The first kappa shape index (κ1) is 31.0. The number of piperidine rings is 1. The van der Waals surface area contributed by atoms with Gasteiger partial charge in [-0.05, 0) is 30.5 Å². The number of aryl methyl sites for hydroxylation is 1. The Morgan fingerprint density at radius 1 is 1.00 bits per heavy atom. The van der Waals surface area contributed by atoms with Crippen LogP contribution >= 0.6 is 0 Å². The summed E-state index contributed by atoms with van der Waals surface area (Å²) >= 11 is 0. The first-order chi connectivity index (χ1) is 17.2. The number of alkyl halides is 3. The highest BCUT2D eigenvalue weighted by molar-refractivity contribution is 7.90. The second-order valence-corrected chi connectivity index (χ2v) is 11.9. The Morgan fingerprint density at radius 3 is 2.14 bits per heavy atom. The molecule has 0 aliphatic carbocycles. The third-order valence-corrected chi connectivity index (χ3v) is 7.89. The highest BCUT2D eigenvalue weighted by Gasteiger charge is 2.47. The lowest BCUT2D eigenvalue weighted by Gasteiger charge is -2.44. The summed E-state index contributed by atoms with van der Waals surface area (Å²) < 4.78 is 72.8. The number of carbonyl (C=O) groups is 2. The molecule has 1 heterocycles. The molecule has 37 heavy (non-hydrogen) atoms. The van der Waals surface area contributed by atoms with E-state index in [0.29, 0.717) is 23.3 Å². The van der Waals surface area contributed by atoms with Crippen molar-refractivity contribution in [3.63, 3.8) is 0 Å². The summed E-state index contributed by atoms with van der Waals surface area (Å²) in [6.45, 7) is 3.11. The van der Waals surface area contributed by atoms with Gasteiger partial charge in [0.2, 0.25) is 0 Å². The van der Waals surface area contributed by atoms with Crippen molar-refractivity contribution in [2.24, 2.45) is 0 Å². The van der Waals surface area contributed by atoms with Gasteiger partial charge in [0.1, 0.15) is 0 Å². The summed E-state index contributed by atoms with van der Waals surface area (Å²) in [5.74, 6) is -4.06. The SMILES string of the molecule is CCCCCCCCc1ccc(NS(=O)(=O)NC2(CC(=O)OC(=O)C(F)(F)F)CC[N+](C)(C)CC2)cc1. The zero-order valence-corrected chi connectivity index (χ0v) is 22.6. The Morgan fingerprint density at radius 2 is 1.57 bits per heavy atom. The van der Waals surface area contributed by atoms with Crippen LogP contribution in [0.1, 0.15) is 70.3 Å². The van der Waals surface area contributed by atoms with E-state index in [1.807, 2.05) is 26.2 Å². The van der Waals surface area contributed by atoms with E-state index >= 15 is 0 Å². The Bertz CT molecular complexity index is 1000. The number of carbonyl (C=O) groups excluding carboxylic acids is 2. The number of likely N-dealkylation sites (tertiary alicyclic amines) is 1. The lowest BCUT2D eigenvalue weighted by atomic mass is 9.85. The Balaban J connectivity index is 2.02. The molecule has 0 spiro atoms. The van der Waals surface area contributed by atoms with Gasteiger partial charge >= 0.3 is 18.1 Å². The first-order valence-corrected chi connectivity index (χ1v) is 14.2. The summed E-state index contributed by atoms with van der Waals surface area (Å²) in [7, 11) is -0.346. The fourth-order valence-electron chi connectivity index (χ4n) is 4.37. The largest absolute Gasteiger partial charge is 0.491 e. The van der Waals surface area contributed by atoms with Crippen LogP contribution in [0.2, 0.25) is 0 Å². The van der Waals surface area contributed by atoms with Crippen molar-refractivity contribution in [3.8, 4) is 0 Å². The molecule has 0 saturated carbocycles. The fraction of sp³-hybridized carbons (Fsp3) is 0.680. The highest BCUT2D eigenvalue weighted by Crippen LogP contribution is 2.30. The smallest absolute Gasteiger partial charge is 0.386 e. The van der Waals surface area contributed by atoms with Gasteiger partial charge in [0.25, 0.3) is 10.2 Å². The van der Waals surface area contributed by atoms with E-state index in [2.05, 4.69) is 21.1 Å². The number of hydrogen-bond donors (Lipinski definition) is 2. The summed E-state index contributed by atoms with van der Waals surface area (Å²) in [5.41, 5.74) is 0.0172. The van der Waals surface area contributed by atoms with Gasteiger partial charge in [0.05, 0.1) is 39.1 Å². The van der Waals surface area contributed by atoms with E-state index in [1.54, 1.807) is 12.1 Å². The van der Waals surface area contributed by atoms with Crippen molar-refractivity contribution in [2.75, 3.05) is 31.9 Å². The van der Waals surface area contributed by atoms with Crippen molar-refractivity contribution >= 4 is 27.8 Å². The maximum absolute atomic E-state index is 13.0. The Kier molecular flexibility index (Phi) is 11.0. The number of nitrogens with zero attached hydrogens (tertiary/aromatic N) is 1. The van der Waals surface area contributed by atoms with Crippen LogP contribution in [0.15, 0.2) is 24.3 Å². The molecule has 0 bridgehead atoms. The van der Waals surface area contributed by atoms with Crippen LogP contribution in [-0.4, -0.2) is 63.7 Å². The topological polar surface area (TPSA) is 102 Å². The number of unbranched alkanes of at least 4 members (excludes halogenated alkanes) is 5. The van der Waals surface area contributed by atoms with Gasteiger partial charge in [0.15, 0.2) is 0 Å². The van der Waals surface area contributed by atoms with Crippen LogP contribution in [0, 0.1) is 0 Å².